The highest BCUT2D eigenvalue weighted by molar-refractivity contribution is 5.83. The van der Waals surface area contributed by atoms with E-state index in [1.54, 1.807) is 0 Å². The molecule has 0 atom stereocenters. The molecular weight excluding hydrogens is 396 g/mol. The number of fused-ring (bicyclic) bond motifs is 2. The summed E-state index contributed by atoms with van der Waals surface area (Å²) in [6, 6.07) is 13.8. The number of hydrogen-bond donors (Lipinski definition) is 2. The zero-order valence-electron chi connectivity index (χ0n) is 16.9. The molecule has 0 aliphatic carbocycles. The molecule has 0 unspecified atom stereocenters. The van der Waals surface area contributed by atoms with Crippen LogP contribution in [0.4, 0.5) is 0 Å². The molecule has 4 aromatic rings. The number of aromatic nitrogens is 3. The molecule has 0 spiro atoms. The minimum Gasteiger partial charge on any atom is -0.454 e. The lowest BCUT2D eigenvalue weighted by molar-refractivity contribution is -0.121. The Morgan fingerprint density at radius 2 is 1.84 bits per heavy atom. The molecule has 5 rings (SSSR count). The van der Waals surface area contributed by atoms with Gasteiger partial charge in [-0.05, 0) is 35.7 Å². The van der Waals surface area contributed by atoms with Crippen LogP contribution in [0, 0.1) is 0 Å². The lowest BCUT2D eigenvalue weighted by Crippen LogP contribution is -2.23. The first-order valence-corrected chi connectivity index (χ1v) is 10.3. The zero-order chi connectivity index (χ0) is 21.0. The van der Waals surface area contributed by atoms with Crippen molar-refractivity contribution in [3.8, 4) is 11.5 Å². The quantitative estimate of drug-likeness (QED) is 0.455. The minimum atomic E-state index is -0.0730. The fourth-order valence-electron chi connectivity index (χ4n) is 3.63. The fraction of sp³-hybridized carbons (Fsp3) is 0.261. The lowest BCUT2D eigenvalue weighted by atomic mass is 10.1. The van der Waals surface area contributed by atoms with E-state index in [-0.39, 0.29) is 19.1 Å². The second kappa shape index (κ2) is 8.51. The maximum Gasteiger partial charge on any atom is 0.231 e. The van der Waals surface area contributed by atoms with Crippen molar-refractivity contribution < 1.29 is 18.7 Å². The predicted octanol–water partition coefficient (Wildman–Crippen LogP) is 3.31. The summed E-state index contributed by atoms with van der Waals surface area (Å²) in [4.78, 5) is 15.4. The van der Waals surface area contributed by atoms with Gasteiger partial charge in [0.25, 0.3) is 0 Å². The number of rotatable bonds is 8. The summed E-state index contributed by atoms with van der Waals surface area (Å²) >= 11 is 0. The fourth-order valence-corrected chi connectivity index (χ4v) is 3.63. The molecule has 8 nitrogen and oxygen atoms in total. The molecule has 8 heteroatoms. The van der Waals surface area contributed by atoms with Crippen molar-refractivity contribution in [3.05, 3.63) is 71.6 Å². The van der Waals surface area contributed by atoms with Gasteiger partial charge in [0, 0.05) is 42.9 Å². The summed E-state index contributed by atoms with van der Waals surface area (Å²) in [5, 5.41) is 12.3. The average Bonchev–Trinajstić information content (AvgIpc) is 3.54. The number of H-pyrrole nitrogens is 1. The Morgan fingerprint density at radius 3 is 2.77 bits per heavy atom. The van der Waals surface area contributed by atoms with Crippen LogP contribution < -0.4 is 14.8 Å². The van der Waals surface area contributed by atoms with Crippen LogP contribution in [0.2, 0.25) is 0 Å². The van der Waals surface area contributed by atoms with Gasteiger partial charge in [-0.1, -0.05) is 24.3 Å². The minimum absolute atomic E-state index is 0.0730. The summed E-state index contributed by atoms with van der Waals surface area (Å²) in [5.41, 5.74) is 3.30. The molecule has 3 heterocycles. The Bertz CT molecular complexity index is 1210. The smallest absolute Gasteiger partial charge is 0.231 e. The van der Waals surface area contributed by atoms with E-state index < -0.39 is 0 Å². The number of hydrogen-bond acceptors (Lipinski definition) is 6. The first kappa shape index (κ1) is 19.2. The summed E-state index contributed by atoms with van der Waals surface area (Å²) in [6.07, 6.45) is 4.18. The van der Waals surface area contributed by atoms with Crippen LogP contribution in [0.5, 0.6) is 11.5 Å². The van der Waals surface area contributed by atoms with Gasteiger partial charge in [-0.15, -0.1) is 10.2 Å². The predicted molar refractivity (Wildman–Crippen MR) is 113 cm³/mol. The van der Waals surface area contributed by atoms with Gasteiger partial charge < -0.3 is 24.2 Å². The lowest BCUT2D eigenvalue weighted by Gasteiger charge is -2.05. The summed E-state index contributed by atoms with van der Waals surface area (Å²) in [5.74, 6) is 2.43. The van der Waals surface area contributed by atoms with E-state index in [0.717, 1.165) is 23.3 Å². The maximum absolute atomic E-state index is 12.2. The third-order valence-corrected chi connectivity index (χ3v) is 5.28. The molecule has 2 aromatic heterocycles. The van der Waals surface area contributed by atoms with Crippen molar-refractivity contribution in [1.82, 2.24) is 20.5 Å². The van der Waals surface area contributed by atoms with Crippen molar-refractivity contribution in [2.24, 2.45) is 0 Å². The Morgan fingerprint density at radius 1 is 1.00 bits per heavy atom. The molecule has 158 valence electrons. The summed E-state index contributed by atoms with van der Waals surface area (Å²) in [6.45, 7) is 0.661. The van der Waals surface area contributed by atoms with Crippen LogP contribution in [0.15, 0.2) is 53.1 Å². The number of para-hydroxylation sites is 1. The molecule has 1 aliphatic heterocycles. The highest BCUT2D eigenvalue weighted by Crippen LogP contribution is 2.32. The number of carbonyl (C=O) groups is 1. The third kappa shape index (κ3) is 4.37. The Hall–Kier alpha value is -3.81. The second-order valence-electron chi connectivity index (χ2n) is 7.41. The summed E-state index contributed by atoms with van der Waals surface area (Å²) in [7, 11) is 0. The molecular formula is C23H22N4O4. The monoisotopic (exact) mass is 418 g/mol. The molecule has 0 fully saturated rings. The highest BCUT2D eigenvalue weighted by Gasteiger charge is 2.14. The van der Waals surface area contributed by atoms with Gasteiger partial charge in [0.2, 0.25) is 24.5 Å². The topological polar surface area (TPSA) is 102 Å². The normalized spacial score (nSPS) is 12.4. The molecule has 1 amide bonds. The first-order valence-electron chi connectivity index (χ1n) is 10.3. The van der Waals surface area contributed by atoms with Crippen LogP contribution in [0.3, 0.4) is 0 Å². The average molecular weight is 418 g/mol. The van der Waals surface area contributed by atoms with Gasteiger partial charge in [0.05, 0.1) is 0 Å². The largest absolute Gasteiger partial charge is 0.454 e. The molecule has 2 aromatic carbocycles. The molecule has 0 bridgehead atoms. The number of aryl methyl sites for hydroxylation is 3. The van der Waals surface area contributed by atoms with Crippen LogP contribution in [-0.4, -0.2) is 27.9 Å². The number of benzene rings is 2. The molecule has 31 heavy (non-hydrogen) atoms. The van der Waals surface area contributed by atoms with E-state index in [4.69, 9.17) is 13.9 Å². The van der Waals surface area contributed by atoms with Gasteiger partial charge >= 0.3 is 0 Å². The number of nitrogens with one attached hydrogen (secondary N) is 2. The van der Waals surface area contributed by atoms with E-state index in [2.05, 4.69) is 32.6 Å². The Balaban J connectivity index is 1.08. The number of aromatic amines is 1. The van der Waals surface area contributed by atoms with E-state index >= 15 is 0 Å². The number of ether oxygens (including phenoxy) is 2. The van der Waals surface area contributed by atoms with E-state index in [0.29, 0.717) is 36.9 Å². The van der Waals surface area contributed by atoms with Crippen molar-refractivity contribution in [2.45, 2.75) is 32.2 Å². The number of amides is 1. The zero-order valence-corrected chi connectivity index (χ0v) is 16.9. The summed E-state index contributed by atoms with van der Waals surface area (Å²) < 4.78 is 16.4. The van der Waals surface area contributed by atoms with E-state index in [1.807, 2.05) is 36.5 Å². The van der Waals surface area contributed by atoms with Gasteiger partial charge in [-0.3, -0.25) is 4.79 Å². The van der Waals surface area contributed by atoms with Gasteiger partial charge in [-0.25, -0.2) is 0 Å². The van der Waals surface area contributed by atoms with Crippen LogP contribution in [0.25, 0.3) is 10.9 Å². The van der Waals surface area contributed by atoms with Gasteiger partial charge in [0.1, 0.15) is 0 Å². The van der Waals surface area contributed by atoms with Crippen molar-refractivity contribution in [3.63, 3.8) is 0 Å². The van der Waals surface area contributed by atoms with Crippen LogP contribution in [0.1, 0.15) is 29.3 Å². The highest BCUT2D eigenvalue weighted by atomic mass is 16.7. The van der Waals surface area contributed by atoms with Gasteiger partial charge in [0.15, 0.2) is 11.5 Å². The number of nitrogens with zero attached hydrogens (tertiary/aromatic N) is 2. The van der Waals surface area contributed by atoms with Crippen LogP contribution >= 0.6 is 0 Å². The number of carbonyl (C=O) groups excluding carboxylic acids is 1. The standard InChI is InChI=1S/C23H22N4O4/c28-21(25-12-15-5-7-19-20(11-15)30-14-29-19)8-10-23-27-26-22(31-23)9-6-16-13-24-18-4-2-1-3-17(16)18/h1-5,7,11,13,24H,6,8-10,12,14H2,(H,25,28). The van der Waals surface area contributed by atoms with E-state index in [1.165, 1.54) is 10.9 Å². The maximum atomic E-state index is 12.2. The van der Waals surface area contributed by atoms with Crippen molar-refractivity contribution >= 4 is 16.8 Å². The molecule has 0 radical (unpaired) electrons. The molecule has 1 aliphatic rings. The van der Waals surface area contributed by atoms with Crippen molar-refractivity contribution in [2.75, 3.05) is 6.79 Å². The first-order chi connectivity index (χ1) is 15.2. The third-order valence-electron chi connectivity index (χ3n) is 5.28. The van der Waals surface area contributed by atoms with E-state index in [9.17, 15) is 4.79 Å². The SMILES string of the molecule is O=C(CCc1nnc(CCc2c[nH]c3ccccc23)o1)NCc1ccc2c(c1)OCO2. The van der Waals surface area contributed by atoms with Crippen molar-refractivity contribution in [1.29, 1.82) is 0 Å². The molecule has 0 saturated heterocycles. The van der Waals surface area contributed by atoms with Crippen LogP contribution in [-0.2, 0) is 30.6 Å². The Kier molecular flexibility index (Phi) is 5.26. The molecule has 0 saturated carbocycles. The molecule has 2 N–H and O–H groups in total. The van der Waals surface area contributed by atoms with Gasteiger partial charge in [-0.2, -0.15) is 0 Å². The second-order valence-corrected chi connectivity index (χ2v) is 7.41. The Labute approximate surface area is 178 Å².